The third kappa shape index (κ3) is 4.65. The smallest absolute Gasteiger partial charge is 0.391 e. The fourth-order valence-corrected chi connectivity index (χ4v) is 5.15. The molecule has 176 valence electrons. The molecule has 1 amide bonds. The first-order valence-corrected chi connectivity index (χ1v) is 13.3. The van der Waals surface area contributed by atoms with Crippen LogP contribution < -0.4 is 15.6 Å². The molecule has 2 aromatic heterocycles. The topological polar surface area (TPSA) is 122 Å². The summed E-state index contributed by atoms with van der Waals surface area (Å²) >= 11 is 1.42. The molecule has 1 aliphatic rings. The van der Waals surface area contributed by atoms with Gasteiger partial charge in [-0.15, -0.1) is 0 Å². The average Bonchev–Trinajstić information content (AvgIpc) is 3.35. The quantitative estimate of drug-likeness (QED) is 0.301. The van der Waals surface area contributed by atoms with Gasteiger partial charge in [0, 0.05) is 11.5 Å². The maximum Gasteiger partial charge on any atom is 0.391 e. The molecule has 0 aliphatic heterocycles. The Morgan fingerprint density at radius 3 is 2.65 bits per heavy atom. The lowest BCUT2D eigenvalue weighted by Crippen LogP contribution is -2.12. The molecule has 8 nitrogen and oxygen atoms in total. The molecule has 0 unspecified atom stereocenters. The Labute approximate surface area is 199 Å². The van der Waals surface area contributed by atoms with Crippen molar-refractivity contribution in [2.24, 2.45) is 5.92 Å². The maximum atomic E-state index is 12.2. The Kier molecular flexibility index (Phi) is 5.81. The highest BCUT2D eigenvalue weighted by Gasteiger charge is 2.30. The number of ether oxygens (including phenoxy) is 1. The van der Waals surface area contributed by atoms with Gasteiger partial charge in [-0.1, -0.05) is 29.5 Å². The monoisotopic (exact) mass is 498 g/mol. The Hall–Kier alpha value is -2.97. The van der Waals surface area contributed by atoms with Crippen LogP contribution in [0.3, 0.4) is 0 Å². The van der Waals surface area contributed by atoms with Crippen molar-refractivity contribution in [2.45, 2.75) is 32.8 Å². The van der Waals surface area contributed by atoms with E-state index in [1.54, 1.807) is 0 Å². The lowest BCUT2D eigenvalue weighted by molar-refractivity contribution is -0.117. The minimum atomic E-state index is -4.52. The predicted octanol–water partition coefficient (Wildman–Crippen LogP) is 5.16. The normalized spacial score (nSPS) is 14.0. The molecule has 10 heteroatoms. The van der Waals surface area contributed by atoms with Gasteiger partial charge in [-0.05, 0) is 62.6 Å². The van der Waals surface area contributed by atoms with Crippen LogP contribution in [0.5, 0.6) is 5.75 Å². The highest BCUT2D eigenvalue weighted by Crippen LogP contribution is 2.42. The van der Waals surface area contributed by atoms with Crippen LogP contribution in [0.15, 0.2) is 52.9 Å². The number of fused-ring (bicyclic) bond motifs is 1. The van der Waals surface area contributed by atoms with Gasteiger partial charge < -0.3 is 24.3 Å². The van der Waals surface area contributed by atoms with Crippen molar-refractivity contribution in [3.63, 3.8) is 0 Å². The first kappa shape index (κ1) is 22.8. The number of furan rings is 1. The molecule has 1 aliphatic carbocycles. The lowest BCUT2D eigenvalue weighted by Gasteiger charge is -2.15. The van der Waals surface area contributed by atoms with E-state index in [1.165, 1.54) is 23.5 Å². The van der Waals surface area contributed by atoms with E-state index in [0.29, 0.717) is 22.2 Å². The molecule has 1 fully saturated rings. The Balaban J connectivity index is 1.58. The van der Waals surface area contributed by atoms with Crippen LogP contribution in [0.2, 0.25) is 0 Å². The molecular formula is C24H23N2O6PS. The molecule has 2 aromatic carbocycles. The van der Waals surface area contributed by atoms with Crippen molar-refractivity contribution in [2.75, 3.05) is 5.32 Å². The number of nitrogens with one attached hydrogen (secondary N) is 1. The number of benzene rings is 2. The van der Waals surface area contributed by atoms with Crippen LogP contribution in [-0.4, -0.2) is 26.8 Å². The number of carbonyl (C=O) groups excluding carboxylic acids is 1. The Morgan fingerprint density at radius 1 is 1.18 bits per heavy atom. The Bertz CT molecular complexity index is 1430. The fraction of sp³-hybridized carbons (Fsp3) is 0.250. The predicted molar refractivity (Wildman–Crippen MR) is 132 cm³/mol. The third-order valence-corrected chi connectivity index (χ3v) is 7.23. The summed E-state index contributed by atoms with van der Waals surface area (Å²) in [4.78, 5) is 35.7. The zero-order chi connectivity index (χ0) is 24.0. The summed E-state index contributed by atoms with van der Waals surface area (Å²) in [6.07, 6.45) is 1.74. The highest BCUT2D eigenvalue weighted by molar-refractivity contribution is 7.59. The van der Waals surface area contributed by atoms with Gasteiger partial charge in [0.25, 0.3) is 0 Å². The number of anilines is 1. The SMILES string of the molecule is CC(C)Oc1ccc(-c2cccc3nc(NC(=O)C4CC4)sc23)cc1-c1ccc(P(=O)(O)O)o1. The van der Waals surface area contributed by atoms with Gasteiger partial charge in [-0.3, -0.25) is 9.36 Å². The number of amides is 1. The number of nitrogens with zero attached hydrogens (tertiary/aromatic N) is 1. The second-order valence-corrected chi connectivity index (χ2v) is 11.0. The molecule has 0 atom stereocenters. The zero-order valence-electron chi connectivity index (χ0n) is 18.5. The van der Waals surface area contributed by atoms with E-state index < -0.39 is 13.1 Å². The lowest BCUT2D eigenvalue weighted by atomic mass is 10.0. The molecule has 5 rings (SSSR count). The summed E-state index contributed by atoms with van der Waals surface area (Å²) in [5.41, 5.74) is 2.73. The van der Waals surface area contributed by atoms with E-state index in [4.69, 9.17) is 9.15 Å². The van der Waals surface area contributed by atoms with E-state index >= 15 is 0 Å². The molecule has 0 bridgehead atoms. The molecular weight excluding hydrogens is 475 g/mol. The molecule has 0 radical (unpaired) electrons. The average molecular weight is 498 g/mol. The highest BCUT2D eigenvalue weighted by atomic mass is 32.1. The zero-order valence-corrected chi connectivity index (χ0v) is 20.2. The van der Waals surface area contributed by atoms with Crippen LogP contribution >= 0.6 is 18.9 Å². The summed E-state index contributed by atoms with van der Waals surface area (Å²) in [6.45, 7) is 3.80. The van der Waals surface area contributed by atoms with Crippen molar-refractivity contribution in [1.29, 1.82) is 0 Å². The summed E-state index contributed by atoms with van der Waals surface area (Å²) in [5.74, 6) is 0.939. The van der Waals surface area contributed by atoms with Crippen molar-refractivity contribution >= 4 is 45.7 Å². The first-order valence-electron chi connectivity index (χ1n) is 10.9. The summed E-state index contributed by atoms with van der Waals surface area (Å²) in [6, 6.07) is 14.2. The van der Waals surface area contributed by atoms with Crippen LogP contribution in [0.1, 0.15) is 26.7 Å². The number of hydrogen-bond acceptors (Lipinski definition) is 6. The number of thiazole rings is 1. The van der Waals surface area contributed by atoms with Crippen molar-refractivity contribution in [3.05, 3.63) is 48.5 Å². The second kappa shape index (κ2) is 8.67. The standard InChI is InChI=1S/C24H23N2O6PS/c1-13(2)31-19-9-8-15(12-17(19)20-10-11-21(32-20)33(28,29)30)16-4-3-5-18-22(16)34-24(25-18)26-23(27)14-6-7-14/h3-5,8-14H,6-7H2,1-2H3,(H,25,26,27)(H2,28,29,30). The summed E-state index contributed by atoms with van der Waals surface area (Å²) < 4.78 is 24.0. The van der Waals surface area contributed by atoms with Crippen molar-refractivity contribution in [1.82, 2.24) is 4.98 Å². The molecule has 0 saturated heterocycles. The first-order chi connectivity index (χ1) is 16.2. The number of aromatic nitrogens is 1. The molecule has 3 N–H and O–H groups in total. The van der Waals surface area contributed by atoms with Gasteiger partial charge in [-0.25, -0.2) is 4.98 Å². The van der Waals surface area contributed by atoms with Crippen LogP contribution in [0, 0.1) is 5.92 Å². The van der Waals surface area contributed by atoms with Gasteiger partial charge in [-0.2, -0.15) is 0 Å². The van der Waals surface area contributed by atoms with E-state index in [1.807, 2.05) is 50.2 Å². The van der Waals surface area contributed by atoms with Crippen molar-refractivity contribution < 1.29 is 28.3 Å². The molecule has 2 heterocycles. The number of rotatable bonds is 7. The minimum absolute atomic E-state index is 0.0109. The summed E-state index contributed by atoms with van der Waals surface area (Å²) in [5, 5.41) is 3.48. The number of carbonyl (C=O) groups is 1. The van der Waals surface area contributed by atoms with Gasteiger partial charge in [0.2, 0.25) is 11.4 Å². The van der Waals surface area contributed by atoms with E-state index in [9.17, 15) is 19.1 Å². The maximum absolute atomic E-state index is 12.2. The molecule has 4 aromatic rings. The fourth-order valence-electron chi connectivity index (χ4n) is 3.66. The number of hydrogen-bond donors (Lipinski definition) is 3. The molecule has 34 heavy (non-hydrogen) atoms. The molecule has 0 spiro atoms. The van der Waals surface area contributed by atoms with Crippen molar-refractivity contribution in [3.8, 4) is 28.2 Å². The van der Waals surface area contributed by atoms with Gasteiger partial charge in [0.15, 0.2) is 5.13 Å². The van der Waals surface area contributed by atoms with Crippen LogP contribution in [0.25, 0.3) is 32.7 Å². The molecule has 1 saturated carbocycles. The largest absolute Gasteiger partial charge is 0.490 e. The van der Waals surface area contributed by atoms with Gasteiger partial charge in [0.1, 0.15) is 11.5 Å². The van der Waals surface area contributed by atoms with Crippen LogP contribution in [-0.2, 0) is 9.36 Å². The van der Waals surface area contributed by atoms with E-state index in [2.05, 4.69) is 10.3 Å². The van der Waals surface area contributed by atoms with Crippen LogP contribution in [0.4, 0.5) is 5.13 Å². The van der Waals surface area contributed by atoms with Gasteiger partial charge in [0.05, 0.1) is 21.9 Å². The van der Waals surface area contributed by atoms with Gasteiger partial charge >= 0.3 is 7.60 Å². The van der Waals surface area contributed by atoms with E-state index in [-0.39, 0.29) is 17.9 Å². The third-order valence-electron chi connectivity index (χ3n) is 5.39. The second-order valence-electron chi connectivity index (χ2n) is 8.50. The van der Waals surface area contributed by atoms with E-state index in [0.717, 1.165) is 34.2 Å². The summed E-state index contributed by atoms with van der Waals surface area (Å²) in [7, 11) is -4.52. The Morgan fingerprint density at radius 2 is 1.97 bits per heavy atom. The minimum Gasteiger partial charge on any atom is -0.490 e.